The minimum absolute atomic E-state index is 0.0129. The Balaban J connectivity index is 1.69. The van der Waals surface area contributed by atoms with E-state index in [-0.39, 0.29) is 17.6 Å². The highest BCUT2D eigenvalue weighted by molar-refractivity contribution is 6.05. The monoisotopic (exact) mass is 346 g/mol. The summed E-state index contributed by atoms with van der Waals surface area (Å²) in [7, 11) is 0. The number of carbonyl (C=O) groups is 2. The number of nitrogens with zero attached hydrogens (tertiary/aromatic N) is 1. The molecular weight excluding hydrogens is 330 g/mol. The van der Waals surface area contributed by atoms with Crippen LogP contribution in [0.15, 0.2) is 48.5 Å². The van der Waals surface area contributed by atoms with Gasteiger partial charge < -0.3 is 15.0 Å². The van der Waals surface area contributed by atoms with Gasteiger partial charge >= 0.3 is 6.61 Å². The molecule has 7 heteroatoms. The zero-order valence-corrected chi connectivity index (χ0v) is 13.2. The van der Waals surface area contributed by atoms with Crippen molar-refractivity contribution in [1.29, 1.82) is 0 Å². The standard InChI is InChI=1S/C18H16F2N2O3/c19-18(20)25-15-8-6-12(7-9-15)17(24)21-13-3-1-4-14(11-13)22-10-2-5-16(22)23/h1,3-4,6-9,11,18H,2,5,10H2,(H,21,24). The van der Waals surface area contributed by atoms with Gasteiger partial charge in [0.25, 0.3) is 5.91 Å². The van der Waals surface area contributed by atoms with Crippen molar-refractivity contribution in [2.75, 3.05) is 16.8 Å². The number of ether oxygens (including phenoxy) is 1. The fourth-order valence-electron chi connectivity index (χ4n) is 2.66. The van der Waals surface area contributed by atoms with Crippen LogP contribution in [0.5, 0.6) is 5.75 Å². The second kappa shape index (κ2) is 7.29. The van der Waals surface area contributed by atoms with Crippen LogP contribution in [-0.2, 0) is 4.79 Å². The van der Waals surface area contributed by atoms with Crippen molar-refractivity contribution >= 4 is 23.2 Å². The highest BCUT2D eigenvalue weighted by Gasteiger charge is 2.21. The van der Waals surface area contributed by atoms with Gasteiger partial charge in [0.1, 0.15) is 5.75 Å². The Kier molecular flexibility index (Phi) is 4.92. The number of benzene rings is 2. The topological polar surface area (TPSA) is 58.6 Å². The molecule has 1 N–H and O–H groups in total. The van der Waals surface area contributed by atoms with Crippen molar-refractivity contribution in [1.82, 2.24) is 0 Å². The molecule has 130 valence electrons. The number of halogens is 2. The molecule has 0 unspecified atom stereocenters. The largest absolute Gasteiger partial charge is 0.435 e. The predicted octanol–water partition coefficient (Wildman–Crippen LogP) is 3.67. The van der Waals surface area contributed by atoms with Crippen LogP contribution in [-0.4, -0.2) is 25.0 Å². The summed E-state index contributed by atoms with van der Waals surface area (Å²) >= 11 is 0. The third-order valence-corrected chi connectivity index (χ3v) is 3.83. The molecule has 0 atom stereocenters. The maximum absolute atomic E-state index is 12.3. The Bertz CT molecular complexity index is 778. The summed E-state index contributed by atoms with van der Waals surface area (Å²) in [6.45, 7) is -2.24. The highest BCUT2D eigenvalue weighted by atomic mass is 19.3. The van der Waals surface area contributed by atoms with Gasteiger partial charge in [-0.25, -0.2) is 0 Å². The summed E-state index contributed by atoms with van der Waals surface area (Å²) in [5.41, 5.74) is 1.60. The lowest BCUT2D eigenvalue weighted by Crippen LogP contribution is -2.23. The van der Waals surface area contributed by atoms with E-state index < -0.39 is 6.61 Å². The molecule has 2 amide bonds. The first-order chi connectivity index (χ1) is 12.0. The summed E-state index contributed by atoms with van der Waals surface area (Å²) in [5, 5.41) is 2.73. The smallest absolute Gasteiger partial charge is 0.387 e. The average molecular weight is 346 g/mol. The van der Waals surface area contributed by atoms with Gasteiger partial charge in [-0.15, -0.1) is 0 Å². The Morgan fingerprint density at radius 1 is 1.16 bits per heavy atom. The van der Waals surface area contributed by atoms with Gasteiger partial charge in [0.05, 0.1) is 0 Å². The van der Waals surface area contributed by atoms with E-state index in [9.17, 15) is 18.4 Å². The SMILES string of the molecule is O=C(Nc1cccc(N2CCCC2=O)c1)c1ccc(OC(F)F)cc1. The number of rotatable bonds is 5. The number of hydrogen-bond acceptors (Lipinski definition) is 3. The summed E-state index contributed by atoms with van der Waals surface area (Å²) in [4.78, 5) is 25.8. The van der Waals surface area contributed by atoms with Crippen molar-refractivity contribution in [3.8, 4) is 5.75 Å². The van der Waals surface area contributed by atoms with Crippen LogP contribution in [0.2, 0.25) is 0 Å². The fraction of sp³-hybridized carbons (Fsp3) is 0.222. The Morgan fingerprint density at radius 2 is 1.92 bits per heavy atom. The van der Waals surface area contributed by atoms with Crippen molar-refractivity contribution in [3.05, 3.63) is 54.1 Å². The van der Waals surface area contributed by atoms with Crippen molar-refractivity contribution in [2.24, 2.45) is 0 Å². The number of carbonyl (C=O) groups excluding carboxylic acids is 2. The predicted molar refractivity (Wildman–Crippen MR) is 89.1 cm³/mol. The zero-order valence-electron chi connectivity index (χ0n) is 13.2. The van der Waals surface area contributed by atoms with Crippen LogP contribution in [0.3, 0.4) is 0 Å². The van der Waals surface area contributed by atoms with Gasteiger partial charge in [-0.3, -0.25) is 9.59 Å². The van der Waals surface area contributed by atoms with Crippen LogP contribution < -0.4 is 15.0 Å². The lowest BCUT2D eigenvalue weighted by Gasteiger charge is -2.16. The highest BCUT2D eigenvalue weighted by Crippen LogP contribution is 2.24. The molecule has 3 rings (SSSR count). The van der Waals surface area contributed by atoms with E-state index in [1.165, 1.54) is 24.3 Å². The number of hydrogen-bond donors (Lipinski definition) is 1. The fourth-order valence-corrected chi connectivity index (χ4v) is 2.66. The second-order valence-corrected chi connectivity index (χ2v) is 5.56. The average Bonchev–Trinajstić information content (AvgIpc) is 3.01. The van der Waals surface area contributed by atoms with Crippen LogP contribution in [0, 0.1) is 0 Å². The Hall–Kier alpha value is -2.96. The lowest BCUT2D eigenvalue weighted by atomic mass is 10.2. The number of amides is 2. The normalized spacial score (nSPS) is 14.0. The van der Waals surface area contributed by atoms with Crippen molar-refractivity contribution in [2.45, 2.75) is 19.5 Å². The molecule has 2 aromatic carbocycles. The van der Waals surface area contributed by atoms with E-state index in [4.69, 9.17) is 0 Å². The maximum Gasteiger partial charge on any atom is 0.387 e. The molecule has 0 aromatic heterocycles. The molecule has 0 radical (unpaired) electrons. The molecule has 1 aliphatic rings. The van der Waals surface area contributed by atoms with Gasteiger partial charge in [-0.1, -0.05) is 6.07 Å². The van der Waals surface area contributed by atoms with Crippen molar-refractivity contribution in [3.63, 3.8) is 0 Å². The van der Waals surface area contributed by atoms with E-state index in [0.717, 1.165) is 12.1 Å². The third kappa shape index (κ3) is 4.12. The zero-order chi connectivity index (χ0) is 17.8. The summed E-state index contributed by atoms with van der Waals surface area (Å²) in [5.74, 6) is -0.326. The second-order valence-electron chi connectivity index (χ2n) is 5.56. The van der Waals surface area contributed by atoms with E-state index in [1.54, 1.807) is 23.1 Å². The number of anilines is 2. The molecule has 5 nitrogen and oxygen atoms in total. The molecule has 1 saturated heterocycles. The minimum atomic E-state index is -2.91. The van der Waals surface area contributed by atoms with Gasteiger partial charge in [-0.05, 0) is 48.9 Å². The molecule has 0 saturated carbocycles. The van der Waals surface area contributed by atoms with Gasteiger partial charge in [0.2, 0.25) is 5.91 Å². The molecule has 2 aromatic rings. The van der Waals surface area contributed by atoms with Gasteiger partial charge in [0, 0.05) is 29.9 Å². The van der Waals surface area contributed by atoms with Gasteiger partial charge in [0.15, 0.2) is 0 Å². The first-order valence-electron chi connectivity index (χ1n) is 7.79. The van der Waals surface area contributed by atoms with Crippen LogP contribution in [0.1, 0.15) is 23.2 Å². The molecule has 0 aliphatic carbocycles. The first-order valence-corrected chi connectivity index (χ1v) is 7.79. The van der Waals surface area contributed by atoms with Crippen LogP contribution >= 0.6 is 0 Å². The first kappa shape index (κ1) is 16.9. The molecule has 0 bridgehead atoms. The molecular formula is C18H16F2N2O3. The van der Waals surface area contributed by atoms with E-state index in [0.29, 0.717) is 24.2 Å². The number of alkyl halides is 2. The molecule has 0 spiro atoms. The summed E-state index contributed by atoms with van der Waals surface area (Å²) in [6, 6.07) is 12.4. The van der Waals surface area contributed by atoms with Crippen molar-refractivity contribution < 1.29 is 23.1 Å². The van der Waals surface area contributed by atoms with Gasteiger partial charge in [-0.2, -0.15) is 8.78 Å². The van der Waals surface area contributed by atoms with Crippen LogP contribution in [0.25, 0.3) is 0 Å². The van der Waals surface area contributed by atoms with E-state index >= 15 is 0 Å². The summed E-state index contributed by atoms with van der Waals surface area (Å²) < 4.78 is 28.5. The lowest BCUT2D eigenvalue weighted by molar-refractivity contribution is -0.117. The third-order valence-electron chi connectivity index (χ3n) is 3.83. The molecule has 1 aliphatic heterocycles. The quantitative estimate of drug-likeness (QED) is 0.899. The van der Waals surface area contributed by atoms with Crippen LogP contribution in [0.4, 0.5) is 20.2 Å². The summed E-state index contributed by atoms with van der Waals surface area (Å²) in [6.07, 6.45) is 1.35. The molecule has 1 heterocycles. The Morgan fingerprint density at radius 3 is 2.56 bits per heavy atom. The Labute approximate surface area is 143 Å². The molecule has 1 fully saturated rings. The maximum atomic E-state index is 12.3. The minimum Gasteiger partial charge on any atom is -0.435 e. The van der Waals surface area contributed by atoms with E-state index in [1.807, 2.05) is 6.07 Å². The number of nitrogens with one attached hydrogen (secondary N) is 1. The van der Waals surface area contributed by atoms with E-state index in [2.05, 4.69) is 10.1 Å². The molecule has 25 heavy (non-hydrogen) atoms.